The zero-order chi connectivity index (χ0) is 26.6. The van der Waals surface area contributed by atoms with Crippen molar-refractivity contribution < 1.29 is 24.2 Å². The molecule has 1 N–H and O–H groups in total. The minimum atomic E-state index is -1.04. The highest BCUT2D eigenvalue weighted by molar-refractivity contribution is 8.26. The van der Waals surface area contributed by atoms with Crippen molar-refractivity contribution in [2.75, 3.05) is 31.1 Å². The maximum absolute atomic E-state index is 13.2. The molecule has 12 heteroatoms. The molecule has 3 heterocycles. The van der Waals surface area contributed by atoms with Crippen LogP contribution in [-0.4, -0.2) is 63.0 Å². The third-order valence-corrected chi connectivity index (χ3v) is 7.58. The van der Waals surface area contributed by atoms with E-state index in [9.17, 15) is 24.4 Å². The summed E-state index contributed by atoms with van der Waals surface area (Å²) >= 11 is 6.35. The Bertz CT molecular complexity index is 1230. The summed E-state index contributed by atoms with van der Waals surface area (Å²) in [5.41, 5.74) is 0.497. The molecule has 10 nitrogen and oxygen atoms in total. The summed E-state index contributed by atoms with van der Waals surface area (Å²) in [6.07, 6.45) is 2.74. The third-order valence-electron chi connectivity index (χ3n) is 6.20. The van der Waals surface area contributed by atoms with E-state index in [1.54, 1.807) is 26.8 Å². The summed E-state index contributed by atoms with van der Waals surface area (Å²) in [7, 11) is 0. The van der Waals surface area contributed by atoms with Gasteiger partial charge in [0.1, 0.15) is 21.8 Å². The van der Waals surface area contributed by atoms with Crippen LogP contribution in [0.4, 0.5) is 5.82 Å². The first-order valence-corrected chi connectivity index (χ1v) is 12.9. The van der Waals surface area contributed by atoms with Crippen LogP contribution in [0.1, 0.15) is 49.8 Å². The Morgan fingerprint density at radius 1 is 1.33 bits per heavy atom. The normalized spacial score (nSPS) is 19.1. The summed E-state index contributed by atoms with van der Waals surface area (Å²) in [6, 6.07) is 1.99. The lowest BCUT2D eigenvalue weighted by Crippen LogP contribution is -2.43. The van der Waals surface area contributed by atoms with E-state index in [0.717, 1.165) is 11.8 Å². The number of nitriles is 1. The molecule has 0 aliphatic carbocycles. The predicted molar refractivity (Wildman–Crippen MR) is 140 cm³/mol. The molecular weight excluding hydrogens is 504 g/mol. The van der Waals surface area contributed by atoms with Crippen molar-refractivity contribution in [3.63, 3.8) is 0 Å². The molecule has 1 atom stereocenters. The second-order valence-electron chi connectivity index (χ2n) is 8.41. The zero-order valence-electron chi connectivity index (χ0n) is 20.4. The number of amides is 1. The van der Waals surface area contributed by atoms with Crippen molar-refractivity contribution in [2.24, 2.45) is 5.92 Å². The number of carbonyl (C=O) groups is 3. The minimum absolute atomic E-state index is 0.0212. The molecule has 2 saturated heterocycles. The standard InChI is InChI=1S/C24H28N4O6S2/c1-4-27-20(26-9-6-7-15(13-26)23(33)34-5-2)16(14(3)17(12-25)21(27)31)11-18-22(32)28(24(35)36-18)10-8-19(29)30/h11,15H,4-10,13H2,1-3H3,(H,29,30). The van der Waals surface area contributed by atoms with Crippen molar-refractivity contribution in [1.82, 2.24) is 9.47 Å². The molecule has 0 bridgehead atoms. The Kier molecular flexibility index (Phi) is 8.92. The lowest BCUT2D eigenvalue weighted by molar-refractivity contribution is -0.148. The van der Waals surface area contributed by atoms with Crippen LogP contribution < -0.4 is 10.5 Å². The van der Waals surface area contributed by atoms with Crippen LogP contribution >= 0.6 is 24.0 Å². The number of carboxylic acids is 1. The largest absolute Gasteiger partial charge is 0.481 e. The van der Waals surface area contributed by atoms with Crippen LogP contribution in [-0.2, 0) is 25.7 Å². The molecule has 1 aromatic heterocycles. The van der Waals surface area contributed by atoms with Crippen LogP contribution in [0.15, 0.2) is 9.70 Å². The van der Waals surface area contributed by atoms with E-state index < -0.39 is 17.4 Å². The van der Waals surface area contributed by atoms with E-state index in [1.807, 2.05) is 11.0 Å². The molecule has 36 heavy (non-hydrogen) atoms. The molecule has 0 aromatic carbocycles. The first-order chi connectivity index (χ1) is 17.1. The van der Waals surface area contributed by atoms with Crippen molar-refractivity contribution in [2.45, 2.75) is 46.6 Å². The molecule has 1 amide bonds. The Balaban J connectivity index is 2.13. The summed E-state index contributed by atoms with van der Waals surface area (Å²) in [5, 5.41) is 18.7. The fraction of sp³-hybridized carbons (Fsp3) is 0.500. The summed E-state index contributed by atoms with van der Waals surface area (Å²) in [5.74, 6) is -1.59. The topological polar surface area (TPSA) is 133 Å². The first-order valence-electron chi connectivity index (χ1n) is 11.7. The van der Waals surface area contributed by atoms with Crippen LogP contribution in [0.2, 0.25) is 0 Å². The number of nitrogens with zero attached hydrogens (tertiary/aromatic N) is 4. The smallest absolute Gasteiger partial charge is 0.310 e. The highest BCUT2D eigenvalue weighted by Crippen LogP contribution is 2.37. The number of thiocarbonyl (C=S) groups is 1. The summed E-state index contributed by atoms with van der Waals surface area (Å²) in [4.78, 5) is 53.2. The maximum atomic E-state index is 13.2. The monoisotopic (exact) mass is 532 g/mol. The third kappa shape index (κ3) is 5.47. The average molecular weight is 533 g/mol. The fourth-order valence-corrected chi connectivity index (χ4v) is 5.72. The molecule has 2 aliphatic rings. The van der Waals surface area contributed by atoms with Gasteiger partial charge in [-0.3, -0.25) is 28.6 Å². The van der Waals surface area contributed by atoms with Crippen molar-refractivity contribution in [3.8, 4) is 6.07 Å². The molecule has 1 aromatic rings. The van der Waals surface area contributed by atoms with Gasteiger partial charge in [-0.2, -0.15) is 5.26 Å². The van der Waals surface area contributed by atoms with Gasteiger partial charge in [-0.15, -0.1) is 0 Å². The van der Waals surface area contributed by atoms with E-state index in [0.29, 0.717) is 42.9 Å². The van der Waals surface area contributed by atoms with Crippen molar-refractivity contribution >= 4 is 58.0 Å². The molecule has 0 radical (unpaired) electrons. The molecule has 3 rings (SSSR count). The van der Waals surface area contributed by atoms with Gasteiger partial charge in [0.05, 0.1) is 23.9 Å². The van der Waals surface area contributed by atoms with Crippen molar-refractivity contribution in [1.29, 1.82) is 5.26 Å². The lowest BCUT2D eigenvalue weighted by Gasteiger charge is -2.36. The number of anilines is 1. The molecule has 0 saturated carbocycles. The molecule has 2 aliphatic heterocycles. The Hall–Kier alpha value is -3.17. The summed E-state index contributed by atoms with van der Waals surface area (Å²) < 4.78 is 6.97. The number of thioether (sulfide) groups is 1. The summed E-state index contributed by atoms with van der Waals surface area (Å²) in [6.45, 7) is 6.64. The number of aliphatic carboxylic acids is 1. The number of ether oxygens (including phenoxy) is 1. The Labute approximate surface area is 218 Å². The number of rotatable bonds is 8. The number of pyridine rings is 1. The van der Waals surface area contributed by atoms with Crippen LogP contribution in [0, 0.1) is 24.2 Å². The maximum Gasteiger partial charge on any atom is 0.310 e. The SMILES string of the molecule is CCOC(=O)C1CCCN(c2c(C=C3SC(=S)N(CCC(=O)O)C3=O)c(C)c(C#N)c(=O)n2CC)C1. The highest BCUT2D eigenvalue weighted by atomic mass is 32.2. The van der Waals surface area contributed by atoms with Gasteiger partial charge in [0.15, 0.2) is 0 Å². The number of esters is 1. The number of hydrogen-bond donors (Lipinski definition) is 1. The van der Waals surface area contributed by atoms with E-state index in [1.165, 1.54) is 9.47 Å². The van der Waals surface area contributed by atoms with Crippen LogP contribution in [0.25, 0.3) is 6.08 Å². The number of carboxylic acid groups (broad SMARTS) is 1. The van der Waals surface area contributed by atoms with E-state index in [2.05, 4.69) is 0 Å². The van der Waals surface area contributed by atoms with Crippen LogP contribution in [0.3, 0.4) is 0 Å². The molecular formula is C24H28N4O6S2. The van der Waals surface area contributed by atoms with E-state index in [4.69, 9.17) is 22.1 Å². The van der Waals surface area contributed by atoms with Gasteiger partial charge < -0.3 is 14.7 Å². The molecule has 1 unspecified atom stereocenters. The fourth-order valence-electron chi connectivity index (χ4n) is 4.43. The zero-order valence-corrected chi connectivity index (χ0v) is 22.0. The number of hydrogen-bond acceptors (Lipinski definition) is 9. The van der Waals surface area contributed by atoms with Crippen LogP contribution in [0.5, 0.6) is 0 Å². The Morgan fingerprint density at radius 3 is 2.67 bits per heavy atom. The minimum Gasteiger partial charge on any atom is -0.481 e. The predicted octanol–water partition coefficient (Wildman–Crippen LogP) is 2.50. The lowest BCUT2D eigenvalue weighted by atomic mass is 9.96. The van der Waals surface area contributed by atoms with Crippen molar-refractivity contribution in [3.05, 3.63) is 31.9 Å². The molecule has 2 fully saturated rings. The van der Waals surface area contributed by atoms with Gasteiger partial charge in [0, 0.05) is 31.7 Å². The quantitative estimate of drug-likeness (QED) is 0.302. The van der Waals surface area contributed by atoms with E-state index >= 15 is 0 Å². The average Bonchev–Trinajstić information content (AvgIpc) is 3.11. The van der Waals surface area contributed by atoms with Gasteiger partial charge in [0.2, 0.25) is 0 Å². The van der Waals surface area contributed by atoms with Gasteiger partial charge >= 0.3 is 11.9 Å². The van der Waals surface area contributed by atoms with E-state index in [-0.39, 0.29) is 52.8 Å². The molecule has 0 spiro atoms. The number of carbonyl (C=O) groups excluding carboxylic acids is 2. The first kappa shape index (κ1) is 27.4. The van der Waals surface area contributed by atoms with Gasteiger partial charge in [-0.05, 0) is 45.3 Å². The Morgan fingerprint density at radius 2 is 2.06 bits per heavy atom. The van der Waals surface area contributed by atoms with Gasteiger partial charge in [0.25, 0.3) is 11.5 Å². The number of aromatic nitrogens is 1. The second-order valence-corrected chi connectivity index (χ2v) is 10.1. The van der Waals surface area contributed by atoms with Gasteiger partial charge in [-0.1, -0.05) is 24.0 Å². The van der Waals surface area contributed by atoms with Gasteiger partial charge in [-0.25, -0.2) is 0 Å². The second kappa shape index (κ2) is 11.7. The molecule has 192 valence electrons. The highest BCUT2D eigenvalue weighted by Gasteiger charge is 2.34. The number of piperidine rings is 1.